The van der Waals surface area contributed by atoms with Crippen LogP contribution in [-0.4, -0.2) is 31.9 Å². The maximum absolute atomic E-state index is 5.98. The molecule has 0 aliphatic heterocycles. The van der Waals surface area contributed by atoms with E-state index in [9.17, 15) is 0 Å². The molecule has 0 bridgehead atoms. The lowest BCUT2D eigenvalue weighted by Gasteiger charge is -2.06. The molecule has 8 heteroatoms. The first-order chi connectivity index (χ1) is 12.2. The van der Waals surface area contributed by atoms with Gasteiger partial charge in [-0.05, 0) is 25.0 Å². The van der Waals surface area contributed by atoms with Crippen LogP contribution in [0, 0.1) is 0 Å². The maximum atomic E-state index is 5.98. The van der Waals surface area contributed by atoms with Gasteiger partial charge >= 0.3 is 0 Å². The minimum Gasteiger partial charge on any atom is -0.352 e. The summed E-state index contributed by atoms with van der Waals surface area (Å²) in [5.41, 5.74) is 2.74. The van der Waals surface area contributed by atoms with Gasteiger partial charge in [-0.1, -0.05) is 42.7 Å². The largest absolute Gasteiger partial charge is 0.352 e. The van der Waals surface area contributed by atoms with Gasteiger partial charge in [0.2, 0.25) is 17.7 Å². The third kappa shape index (κ3) is 4.30. The van der Waals surface area contributed by atoms with Gasteiger partial charge in [0.25, 0.3) is 0 Å². The molecule has 0 atom stereocenters. The highest BCUT2D eigenvalue weighted by atomic mass is 35.5. The first-order valence-corrected chi connectivity index (χ1v) is 8.62. The summed E-state index contributed by atoms with van der Waals surface area (Å²) in [5.74, 6) is 1.58. The predicted molar refractivity (Wildman–Crippen MR) is 95.5 cm³/mol. The van der Waals surface area contributed by atoms with Crippen molar-refractivity contribution in [3.05, 3.63) is 46.6 Å². The Hall–Kier alpha value is -2.54. The van der Waals surface area contributed by atoms with Crippen LogP contribution in [0.3, 0.4) is 0 Å². The van der Waals surface area contributed by atoms with Gasteiger partial charge in [0.15, 0.2) is 0 Å². The highest BCUT2D eigenvalue weighted by Crippen LogP contribution is 2.20. The van der Waals surface area contributed by atoms with Crippen LogP contribution in [0.2, 0.25) is 5.02 Å². The second kappa shape index (κ2) is 8.02. The Morgan fingerprint density at radius 2 is 1.92 bits per heavy atom. The molecule has 0 unspecified atom stereocenters. The summed E-state index contributed by atoms with van der Waals surface area (Å²) >= 11 is 5.98. The smallest absolute Gasteiger partial charge is 0.242 e. The number of nitrogens with zero attached hydrogens (tertiary/aromatic N) is 5. The van der Waals surface area contributed by atoms with Crippen molar-refractivity contribution in [2.45, 2.75) is 33.1 Å². The molecule has 1 aromatic carbocycles. The van der Waals surface area contributed by atoms with E-state index in [0.717, 1.165) is 29.8 Å². The number of halogens is 1. The molecule has 0 spiro atoms. The van der Waals surface area contributed by atoms with Crippen LogP contribution < -0.4 is 5.32 Å². The van der Waals surface area contributed by atoms with Gasteiger partial charge in [-0.2, -0.15) is 10.1 Å². The average molecular weight is 359 g/mol. The molecule has 0 radical (unpaired) electrons. The molecule has 0 aliphatic carbocycles. The predicted octanol–water partition coefficient (Wildman–Crippen LogP) is 3.35. The maximum Gasteiger partial charge on any atom is 0.242 e. The van der Waals surface area contributed by atoms with E-state index in [1.54, 1.807) is 12.1 Å². The Kier molecular flexibility index (Phi) is 5.55. The number of hydrogen-bond acceptors (Lipinski definition) is 7. The number of nitrogens with one attached hydrogen (secondary N) is 1. The molecule has 2 heterocycles. The van der Waals surface area contributed by atoms with E-state index in [1.807, 2.05) is 19.1 Å². The Morgan fingerprint density at radius 3 is 2.68 bits per heavy atom. The third-order valence-corrected chi connectivity index (χ3v) is 3.92. The highest BCUT2D eigenvalue weighted by molar-refractivity contribution is 6.30. The van der Waals surface area contributed by atoms with Crippen molar-refractivity contribution in [3.8, 4) is 11.4 Å². The van der Waals surface area contributed by atoms with Crippen LogP contribution in [0.5, 0.6) is 0 Å². The Labute approximate surface area is 150 Å². The van der Waals surface area contributed by atoms with Gasteiger partial charge in [-0.3, -0.25) is 0 Å². The monoisotopic (exact) mass is 358 g/mol. The molecule has 3 rings (SSSR count). The van der Waals surface area contributed by atoms with Crippen LogP contribution in [0.1, 0.15) is 31.1 Å². The summed E-state index contributed by atoms with van der Waals surface area (Å²) in [6.07, 6.45) is 2.23. The fraction of sp³-hybridized carbons (Fsp3) is 0.353. The summed E-state index contributed by atoms with van der Waals surface area (Å²) in [7, 11) is 0. The molecule has 2 aromatic heterocycles. The molecule has 7 nitrogen and oxygen atoms in total. The van der Waals surface area contributed by atoms with Gasteiger partial charge in [-0.15, -0.1) is 5.10 Å². The molecule has 130 valence electrons. The molecule has 3 aromatic rings. The van der Waals surface area contributed by atoms with Crippen LogP contribution in [0.15, 0.2) is 28.8 Å². The van der Waals surface area contributed by atoms with Crippen molar-refractivity contribution in [2.24, 2.45) is 0 Å². The topological polar surface area (TPSA) is 89.6 Å². The fourth-order valence-electron chi connectivity index (χ4n) is 2.40. The standard InChI is InChI=1S/C17H19ClN6O/c1-3-13-14(4-2)22-23-17(20-13)19-9-8-15-21-16(24-25-15)11-6-5-7-12(18)10-11/h5-7,10H,3-4,8-9H2,1-2H3,(H,19,20,23). The molecule has 0 fully saturated rings. The Bertz CT molecular complexity index is 851. The van der Waals surface area contributed by atoms with Gasteiger partial charge in [0.1, 0.15) is 0 Å². The van der Waals surface area contributed by atoms with E-state index >= 15 is 0 Å². The number of hydrogen-bond donors (Lipinski definition) is 1. The van der Waals surface area contributed by atoms with Crippen LogP contribution in [-0.2, 0) is 19.3 Å². The lowest BCUT2D eigenvalue weighted by molar-refractivity contribution is 0.381. The zero-order valence-electron chi connectivity index (χ0n) is 14.2. The SMILES string of the molecule is CCc1nnc(NCCc2nc(-c3cccc(Cl)c3)no2)nc1CC. The summed E-state index contributed by atoms with van der Waals surface area (Å²) in [6.45, 7) is 4.68. The third-order valence-electron chi connectivity index (χ3n) is 3.68. The van der Waals surface area contributed by atoms with E-state index in [4.69, 9.17) is 16.1 Å². The van der Waals surface area contributed by atoms with E-state index in [0.29, 0.717) is 35.7 Å². The van der Waals surface area contributed by atoms with E-state index in [2.05, 4.69) is 37.6 Å². The second-order valence-electron chi connectivity index (χ2n) is 5.43. The minimum atomic E-state index is 0.517. The molecule has 25 heavy (non-hydrogen) atoms. The lowest BCUT2D eigenvalue weighted by Crippen LogP contribution is -2.12. The first-order valence-electron chi connectivity index (χ1n) is 8.24. The zero-order valence-corrected chi connectivity index (χ0v) is 14.9. The highest BCUT2D eigenvalue weighted by Gasteiger charge is 2.10. The minimum absolute atomic E-state index is 0.517. The Morgan fingerprint density at radius 1 is 1.08 bits per heavy atom. The van der Waals surface area contributed by atoms with Crippen molar-refractivity contribution in [1.82, 2.24) is 25.3 Å². The number of benzene rings is 1. The fourth-order valence-corrected chi connectivity index (χ4v) is 2.59. The van der Waals surface area contributed by atoms with Crippen LogP contribution >= 0.6 is 11.6 Å². The molecule has 0 saturated carbocycles. The molecule has 0 saturated heterocycles. The van der Waals surface area contributed by atoms with Gasteiger partial charge < -0.3 is 9.84 Å². The van der Waals surface area contributed by atoms with E-state index in [1.165, 1.54) is 0 Å². The van der Waals surface area contributed by atoms with Crippen molar-refractivity contribution >= 4 is 17.5 Å². The number of aromatic nitrogens is 5. The van der Waals surface area contributed by atoms with Gasteiger partial charge in [0, 0.05) is 23.6 Å². The molecule has 0 aliphatic rings. The second-order valence-corrected chi connectivity index (χ2v) is 5.87. The van der Waals surface area contributed by atoms with Gasteiger partial charge in [-0.25, -0.2) is 4.98 Å². The molecular weight excluding hydrogens is 340 g/mol. The summed E-state index contributed by atoms with van der Waals surface area (Å²) in [4.78, 5) is 8.87. The van der Waals surface area contributed by atoms with E-state index < -0.39 is 0 Å². The van der Waals surface area contributed by atoms with Crippen molar-refractivity contribution in [2.75, 3.05) is 11.9 Å². The van der Waals surface area contributed by atoms with Crippen molar-refractivity contribution < 1.29 is 4.52 Å². The Balaban J connectivity index is 1.60. The number of rotatable bonds is 7. The van der Waals surface area contributed by atoms with Crippen molar-refractivity contribution in [3.63, 3.8) is 0 Å². The first kappa shape index (κ1) is 17.3. The van der Waals surface area contributed by atoms with E-state index in [-0.39, 0.29) is 0 Å². The van der Waals surface area contributed by atoms with Crippen LogP contribution in [0.25, 0.3) is 11.4 Å². The lowest BCUT2D eigenvalue weighted by atomic mass is 10.2. The van der Waals surface area contributed by atoms with Crippen LogP contribution in [0.4, 0.5) is 5.95 Å². The number of anilines is 1. The van der Waals surface area contributed by atoms with Crippen molar-refractivity contribution in [1.29, 1.82) is 0 Å². The number of aryl methyl sites for hydroxylation is 2. The normalized spacial score (nSPS) is 10.8. The zero-order chi connectivity index (χ0) is 17.6. The van der Waals surface area contributed by atoms with Gasteiger partial charge in [0.05, 0.1) is 11.4 Å². The molecule has 1 N–H and O–H groups in total. The quantitative estimate of drug-likeness (QED) is 0.692. The molecule has 0 amide bonds. The summed E-state index contributed by atoms with van der Waals surface area (Å²) in [6, 6.07) is 7.35. The molecular formula is C17H19ClN6O. The average Bonchev–Trinajstić information content (AvgIpc) is 3.10. The summed E-state index contributed by atoms with van der Waals surface area (Å²) in [5, 5.41) is 16.1. The summed E-state index contributed by atoms with van der Waals surface area (Å²) < 4.78 is 5.28.